The molecule has 0 radical (unpaired) electrons. The molecule has 2 N–H and O–H groups in total. The van der Waals surface area contributed by atoms with Gasteiger partial charge in [0, 0.05) is 16.6 Å². The van der Waals surface area contributed by atoms with Crippen LogP contribution in [0.25, 0.3) is 0 Å². The zero-order valence-electron chi connectivity index (χ0n) is 12.5. The van der Waals surface area contributed by atoms with Crippen LogP contribution in [0.4, 0.5) is 4.79 Å². The fourth-order valence-corrected chi connectivity index (χ4v) is 2.41. The smallest absolute Gasteiger partial charge is 0.315 e. The maximum Gasteiger partial charge on any atom is 0.315 e. The zero-order chi connectivity index (χ0) is 16.2. The predicted octanol–water partition coefficient (Wildman–Crippen LogP) is 4.73. The Balaban J connectivity index is 1.96. The van der Waals surface area contributed by atoms with Crippen LogP contribution < -0.4 is 10.6 Å². The van der Waals surface area contributed by atoms with Crippen LogP contribution in [-0.2, 0) is 12.1 Å². The van der Waals surface area contributed by atoms with E-state index in [0.29, 0.717) is 16.6 Å². The number of urea groups is 1. The van der Waals surface area contributed by atoms with Crippen molar-refractivity contribution in [2.24, 2.45) is 0 Å². The number of rotatable bonds is 4. The standard InChI is InChI=1S/C17H18Cl2N2O/c1-17(2,13-7-9-14(18)10-8-13)21-16(22)20-11-12-5-3-4-6-15(12)19/h3-10H,11H2,1-2H3,(H2,20,21,22). The van der Waals surface area contributed by atoms with Gasteiger partial charge in [0.1, 0.15) is 0 Å². The quantitative estimate of drug-likeness (QED) is 0.832. The Bertz CT molecular complexity index is 654. The van der Waals surface area contributed by atoms with Gasteiger partial charge >= 0.3 is 6.03 Å². The van der Waals surface area contributed by atoms with Gasteiger partial charge in [0.05, 0.1) is 5.54 Å². The van der Waals surface area contributed by atoms with E-state index < -0.39 is 5.54 Å². The molecule has 0 saturated heterocycles. The molecular formula is C17H18Cl2N2O. The van der Waals surface area contributed by atoms with Crippen LogP contribution in [0.5, 0.6) is 0 Å². The molecule has 0 spiro atoms. The van der Waals surface area contributed by atoms with Crippen molar-refractivity contribution in [2.45, 2.75) is 25.9 Å². The summed E-state index contributed by atoms with van der Waals surface area (Å²) in [5, 5.41) is 7.07. The predicted molar refractivity (Wildman–Crippen MR) is 91.3 cm³/mol. The molecule has 2 aromatic carbocycles. The molecule has 2 aromatic rings. The van der Waals surface area contributed by atoms with E-state index in [4.69, 9.17) is 23.2 Å². The van der Waals surface area contributed by atoms with Gasteiger partial charge in [0.2, 0.25) is 0 Å². The van der Waals surface area contributed by atoms with Crippen LogP contribution >= 0.6 is 23.2 Å². The third kappa shape index (κ3) is 4.39. The van der Waals surface area contributed by atoms with Crippen molar-refractivity contribution in [3.63, 3.8) is 0 Å². The molecule has 0 fully saturated rings. The highest BCUT2D eigenvalue weighted by atomic mass is 35.5. The maximum absolute atomic E-state index is 12.1. The molecule has 0 saturated carbocycles. The van der Waals surface area contributed by atoms with Crippen molar-refractivity contribution < 1.29 is 4.79 Å². The maximum atomic E-state index is 12.1. The summed E-state index contributed by atoms with van der Waals surface area (Å²) < 4.78 is 0. The second-order valence-corrected chi connectivity index (χ2v) is 6.37. The first-order valence-corrected chi connectivity index (χ1v) is 7.69. The topological polar surface area (TPSA) is 41.1 Å². The van der Waals surface area contributed by atoms with E-state index in [0.717, 1.165) is 11.1 Å². The third-order valence-corrected chi connectivity index (χ3v) is 4.01. The lowest BCUT2D eigenvalue weighted by Gasteiger charge is -2.27. The van der Waals surface area contributed by atoms with E-state index >= 15 is 0 Å². The summed E-state index contributed by atoms with van der Waals surface area (Å²) in [5.74, 6) is 0. The number of nitrogens with one attached hydrogen (secondary N) is 2. The fraction of sp³-hybridized carbons (Fsp3) is 0.235. The Morgan fingerprint density at radius 2 is 1.68 bits per heavy atom. The summed E-state index contributed by atoms with van der Waals surface area (Å²) >= 11 is 12.0. The molecule has 3 nitrogen and oxygen atoms in total. The normalized spacial score (nSPS) is 11.1. The van der Waals surface area contributed by atoms with Crippen molar-refractivity contribution in [2.75, 3.05) is 0 Å². The first-order valence-electron chi connectivity index (χ1n) is 6.94. The first-order chi connectivity index (χ1) is 10.4. The Hall–Kier alpha value is -1.71. The van der Waals surface area contributed by atoms with Crippen molar-refractivity contribution >= 4 is 29.2 Å². The molecule has 0 aliphatic rings. The monoisotopic (exact) mass is 336 g/mol. The Labute approximate surface area is 140 Å². The third-order valence-electron chi connectivity index (χ3n) is 3.39. The molecule has 0 bridgehead atoms. The van der Waals surface area contributed by atoms with Crippen molar-refractivity contribution in [1.29, 1.82) is 0 Å². The summed E-state index contributed by atoms with van der Waals surface area (Å²) in [6.07, 6.45) is 0. The lowest BCUT2D eigenvalue weighted by molar-refractivity contribution is 0.229. The SMILES string of the molecule is CC(C)(NC(=O)NCc1ccccc1Cl)c1ccc(Cl)cc1. The van der Waals surface area contributed by atoms with E-state index in [2.05, 4.69) is 10.6 Å². The van der Waals surface area contributed by atoms with Gasteiger partial charge in [-0.2, -0.15) is 0 Å². The van der Waals surface area contributed by atoms with Crippen LogP contribution in [0.1, 0.15) is 25.0 Å². The van der Waals surface area contributed by atoms with E-state index in [1.807, 2.05) is 56.3 Å². The number of carbonyl (C=O) groups is 1. The second-order valence-electron chi connectivity index (χ2n) is 5.53. The minimum Gasteiger partial charge on any atom is -0.334 e. The summed E-state index contributed by atoms with van der Waals surface area (Å²) in [6, 6.07) is 14.6. The van der Waals surface area contributed by atoms with E-state index in [-0.39, 0.29) is 6.03 Å². The second kappa shape index (κ2) is 7.03. The van der Waals surface area contributed by atoms with Gasteiger partial charge < -0.3 is 10.6 Å². The lowest BCUT2D eigenvalue weighted by atomic mass is 9.94. The number of halogens is 2. The minimum atomic E-state index is -0.505. The van der Waals surface area contributed by atoms with Crippen molar-refractivity contribution in [3.8, 4) is 0 Å². The molecule has 0 heterocycles. The summed E-state index contributed by atoms with van der Waals surface area (Å²) in [5.41, 5.74) is 1.35. The average molecular weight is 337 g/mol. The summed E-state index contributed by atoms with van der Waals surface area (Å²) in [4.78, 5) is 12.1. The van der Waals surface area contributed by atoms with Gasteiger partial charge in [-0.1, -0.05) is 53.5 Å². The van der Waals surface area contributed by atoms with Gasteiger partial charge in [-0.15, -0.1) is 0 Å². The number of hydrogen-bond acceptors (Lipinski definition) is 1. The number of benzene rings is 2. The molecule has 0 unspecified atom stereocenters. The van der Waals surface area contributed by atoms with Gasteiger partial charge in [0.15, 0.2) is 0 Å². The van der Waals surface area contributed by atoms with Crippen molar-refractivity contribution in [3.05, 3.63) is 69.7 Å². The van der Waals surface area contributed by atoms with E-state index in [1.54, 1.807) is 6.07 Å². The highest BCUT2D eigenvalue weighted by Gasteiger charge is 2.22. The molecular weight excluding hydrogens is 319 g/mol. The van der Waals surface area contributed by atoms with Crippen LogP contribution in [0, 0.1) is 0 Å². The molecule has 0 aliphatic heterocycles. The Morgan fingerprint density at radius 3 is 2.32 bits per heavy atom. The van der Waals surface area contributed by atoms with E-state index in [1.165, 1.54) is 0 Å². The average Bonchev–Trinajstić information content (AvgIpc) is 2.46. The molecule has 116 valence electrons. The Kier molecular flexibility index (Phi) is 5.33. The molecule has 22 heavy (non-hydrogen) atoms. The number of carbonyl (C=O) groups excluding carboxylic acids is 1. The fourth-order valence-electron chi connectivity index (χ4n) is 2.08. The summed E-state index contributed by atoms with van der Waals surface area (Å²) in [7, 11) is 0. The molecule has 5 heteroatoms. The molecule has 0 aromatic heterocycles. The lowest BCUT2D eigenvalue weighted by Crippen LogP contribution is -2.46. The van der Waals surface area contributed by atoms with Crippen LogP contribution in [0.15, 0.2) is 48.5 Å². The van der Waals surface area contributed by atoms with Gasteiger partial charge in [0.25, 0.3) is 0 Å². The Morgan fingerprint density at radius 1 is 1.05 bits per heavy atom. The zero-order valence-corrected chi connectivity index (χ0v) is 14.0. The van der Waals surface area contributed by atoms with Crippen molar-refractivity contribution in [1.82, 2.24) is 10.6 Å². The molecule has 0 atom stereocenters. The first kappa shape index (κ1) is 16.7. The number of amides is 2. The largest absolute Gasteiger partial charge is 0.334 e. The van der Waals surface area contributed by atoms with Crippen LogP contribution in [-0.4, -0.2) is 6.03 Å². The van der Waals surface area contributed by atoms with E-state index in [9.17, 15) is 4.79 Å². The number of hydrogen-bond donors (Lipinski definition) is 2. The summed E-state index contributed by atoms with van der Waals surface area (Å²) in [6.45, 7) is 4.25. The molecule has 2 rings (SSSR count). The molecule has 0 aliphatic carbocycles. The highest BCUT2D eigenvalue weighted by molar-refractivity contribution is 6.31. The minimum absolute atomic E-state index is 0.250. The van der Waals surface area contributed by atoms with Gasteiger partial charge in [-0.05, 0) is 43.2 Å². The van der Waals surface area contributed by atoms with Gasteiger partial charge in [-0.25, -0.2) is 4.79 Å². The van der Waals surface area contributed by atoms with Crippen LogP contribution in [0.2, 0.25) is 10.0 Å². The van der Waals surface area contributed by atoms with Crippen LogP contribution in [0.3, 0.4) is 0 Å². The van der Waals surface area contributed by atoms with Gasteiger partial charge in [-0.3, -0.25) is 0 Å². The molecule has 2 amide bonds. The highest BCUT2D eigenvalue weighted by Crippen LogP contribution is 2.22.